The fourth-order valence-corrected chi connectivity index (χ4v) is 5.52. The van der Waals surface area contributed by atoms with Crippen LogP contribution in [-0.4, -0.2) is 27.0 Å². The molecule has 1 aromatic rings. The Balaban J connectivity index is 1.77. The van der Waals surface area contributed by atoms with E-state index in [1.54, 1.807) is 6.07 Å². The highest BCUT2D eigenvalue weighted by molar-refractivity contribution is 5.41. The lowest BCUT2D eigenvalue weighted by atomic mass is 9.53. The zero-order valence-corrected chi connectivity index (χ0v) is 12.5. The molecule has 0 bridgehead atoms. The molecule has 3 aliphatic rings. The van der Waals surface area contributed by atoms with E-state index in [2.05, 4.69) is 6.92 Å². The minimum atomic E-state index is -0.731. The topological polar surface area (TPSA) is 60.7 Å². The maximum atomic E-state index is 11.4. The molecule has 0 radical (unpaired) electrons. The monoisotopic (exact) mass is 288 g/mol. The van der Waals surface area contributed by atoms with Crippen LogP contribution >= 0.6 is 0 Å². The van der Waals surface area contributed by atoms with E-state index in [1.807, 2.05) is 12.1 Å². The van der Waals surface area contributed by atoms with Gasteiger partial charge in [-0.2, -0.15) is 0 Å². The smallest absolute Gasteiger partial charge is 0.115 e. The van der Waals surface area contributed by atoms with Gasteiger partial charge in [0.15, 0.2) is 0 Å². The average Bonchev–Trinajstić information content (AvgIpc) is 2.71. The Bertz CT molecular complexity index is 584. The van der Waals surface area contributed by atoms with Crippen LogP contribution in [0.5, 0.6) is 5.75 Å². The van der Waals surface area contributed by atoms with Gasteiger partial charge < -0.3 is 15.3 Å². The van der Waals surface area contributed by atoms with Gasteiger partial charge in [0.1, 0.15) is 5.75 Å². The van der Waals surface area contributed by atoms with Gasteiger partial charge in [-0.15, -0.1) is 0 Å². The molecule has 2 fully saturated rings. The molecule has 0 heterocycles. The van der Waals surface area contributed by atoms with Gasteiger partial charge in [-0.3, -0.25) is 0 Å². The van der Waals surface area contributed by atoms with Crippen LogP contribution in [0.15, 0.2) is 18.2 Å². The van der Waals surface area contributed by atoms with E-state index in [0.29, 0.717) is 11.7 Å². The van der Waals surface area contributed by atoms with Crippen LogP contribution in [0.1, 0.15) is 56.1 Å². The summed E-state index contributed by atoms with van der Waals surface area (Å²) in [5.74, 6) is 0.950. The molecular weight excluding hydrogens is 264 g/mol. The number of aliphatic hydroxyl groups is 2. The van der Waals surface area contributed by atoms with Crippen molar-refractivity contribution < 1.29 is 15.3 Å². The third kappa shape index (κ3) is 1.62. The number of benzene rings is 1. The summed E-state index contributed by atoms with van der Waals surface area (Å²) in [6.45, 7) is 2.08. The van der Waals surface area contributed by atoms with E-state index in [0.717, 1.165) is 38.5 Å². The van der Waals surface area contributed by atoms with Crippen LogP contribution in [0.25, 0.3) is 0 Å². The van der Waals surface area contributed by atoms with Crippen molar-refractivity contribution in [1.29, 1.82) is 0 Å². The normalized spacial score (nSPS) is 44.8. The van der Waals surface area contributed by atoms with Crippen molar-refractivity contribution in [3.63, 3.8) is 0 Å². The zero-order valence-electron chi connectivity index (χ0n) is 12.5. The quantitative estimate of drug-likeness (QED) is 0.688. The van der Waals surface area contributed by atoms with E-state index < -0.39 is 5.60 Å². The van der Waals surface area contributed by atoms with Crippen molar-refractivity contribution in [3.05, 3.63) is 29.3 Å². The van der Waals surface area contributed by atoms with Gasteiger partial charge in [-0.1, -0.05) is 13.0 Å². The molecule has 0 amide bonds. The summed E-state index contributed by atoms with van der Waals surface area (Å²) in [4.78, 5) is 0. The number of phenolic OH excluding ortho intramolecular Hbond substituents is 1. The van der Waals surface area contributed by atoms with Gasteiger partial charge in [0.2, 0.25) is 0 Å². The van der Waals surface area contributed by atoms with Crippen molar-refractivity contribution in [2.24, 2.45) is 11.3 Å². The molecule has 3 aliphatic carbocycles. The number of rotatable bonds is 0. The van der Waals surface area contributed by atoms with Crippen molar-refractivity contribution in [2.75, 3.05) is 0 Å². The second-order valence-corrected chi connectivity index (χ2v) is 7.57. The fourth-order valence-electron chi connectivity index (χ4n) is 5.52. The summed E-state index contributed by atoms with van der Waals surface area (Å²) >= 11 is 0. The van der Waals surface area contributed by atoms with Crippen LogP contribution in [0.3, 0.4) is 0 Å². The fraction of sp³-hybridized carbons (Fsp3) is 0.667. The van der Waals surface area contributed by atoms with Gasteiger partial charge in [0.05, 0.1) is 11.7 Å². The SMILES string of the molecule is C[C@]12CC[C@@H]3c4ccc(O)cc4CC[C@H]3[C@@]1(O)CC[C@H]2O. The molecule has 21 heavy (non-hydrogen) atoms. The first-order valence-electron chi connectivity index (χ1n) is 8.18. The van der Waals surface area contributed by atoms with E-state index in [9.17, 15) is 15.3 Å². The van der Waals surface area contributed by atoms with Crippen molar-refractivity contribution in [2.45, 2.75) is 63.1 Å². The van der Waals surface area contributed by atoms with Crippen LogP contribution in [-0.2, 0) is 6.42 Å². The van der Waals surface area contributed by atoms with Crippen LogP contribution in [0.2, 0.25) is 0 Å². The molecule has 0 spiro atoms. The lowest BCUT2D eigenvalue weighted by Crippen LogP contribution is -2.57. The number of aliphatic hydroxyl groups excluding tert-OH is 1. The molecule has 114 valence electrons. The maximum absolute atomic E-state index is 11.4. The Labute approximate surface area is 125 Å². The number of hydrogen-bond donors (Lipinski definition) is 3. The number of aryl methyl sites for hydroxylation is 1. The number of hydrogen-bond acceptors (Lipinski definition) is 3. The summed E-state index contributed by atoms with van der Waals surface area (Å²) in [5, 5.41) is 31.5. The molecule has 3 N–H and O–H groups in total. The molecule has 0 aliphatic heterocycles. The predicted octanol–water partition coefficient (Wildman–Crippen LogP) is 2.72. The largest absolute Gasteiger partial charge is 0.508 e. The van der Waals surface area contributed by atoms with Crippen molar-refractivity contribution >= 4 is 0 Å². The minimum Gasteiger partial charge on any atom is -0.508 e. The molecule has 0 saturated heterocycles. The lowest BCUT2D eigenvalue weighted by Gasteiger charge is -2.55. The van der Waals surface area contributed by atoms with Crippen LogP contribution < -0.4 is 0 Å². The van der Waals surface area contributed by atoms with Gasteiger partial charge in [-0.25, -0.2) is 0 Å². The third-order valence-electron chi connectivity index (χ3n) is 6.85. The number of aromatic hydroxyl groups is 1. The lowest BCUT2D eigenvalue weighted by molar-refractivity contribution is -0.162. The highest BCUT2D eigenvalue weighted by Gasteiger charge is 2.63. The minimum absolute atomic E-state index is 0.241. The second kappa shape index (κ2) is 4.23. The zero-order chi connectivity index (χ0) is 14.8. The van der Waals surface area contributed by atoms with Crippen LogP contribution in [0, 0.1) is 11.3 Å². The molecule has 2 saturated carbocycles. The first-order chi connectivity index (χ1) is 9.96. The molecule has 1 aromatic carbocycles. The van der Waals surface area contributed by atoms with E-state index in [4.69, 9.17) is 0 Å². The standard InChI is InChI=1S/C18H24O3/c1-17-8-6-14-13-4-3-12(19)10-11(13)2-5-15(14)18(17,21)9-7-16(17)20/h3-4,10,14-16,19-21H,2,5-9H2,1H3/t14-,15-,16-,17-,18+/m1/s1. The van der Waals surface area contributed by atoms with Gasteiger partial charge >= 0.3 is 0 Å². The first kappa shape index (κ1) is 13.6. The second-order valence-electron chi connectivity index (χ2n) is 7.57. The predicted molar refractivity (Wildman–Crippen MR) is 80.2 cm³/mol. The van der Waals surface area contributed by atoms with E-state index in [-0.39, 0.29) is 17.4 Å². The first-order valence-corrected chi connectivity index (χ1v) is 8.18. The maximum Gasteiger partial charge on any atom is 0.115 e. The van der Waals surface area contributed by atoms with E-state index in [1.165, 1.54) is 11.1 Å². The Morgan fingerprint density at radius 1 is 1.14 bits per heavy atom. The van der Waals surface area contributed by atoms with Crippen LogP contribution in [0.4, 0.5) is 0 Å². The third-order valence-corrected chi connectivity index (χ3v) is 6.85. The Kier molecular flexibility index (Phi) is 2.74. The Morgan fingerprint density at radius 3 is 2.76 bits per heavy atom. The summed E-state index contributed by atoms with van der Waals surface area (Å²) in [6.07, 6.45) is 4.85. The molecular formula is C18H24O3. The Hall–Kier alpha value is -1.06. The molecule has 3 nitrogen and oxygen atoms in total. The van der Waals surface area contributed by atoms with Gasteiger partial charge in [-0.05, 0) is 73.6 Å². The molecule has 0 unspecified atom stereocenters. The van der Waals surface area contributed by atoms with Gasteiger partial charge in [0, 0.05) is 5.41 Å². The highest BCUT2D eigenvalue weighted by atomic mass is 16.3. The average molecular weight is 288 g/mol. The summed E-state index contributed by atoms with van der Waals surface area (Å²) in [5.41, 5.74) is 1.47. The summed E-state index contributed by atoms with van der Waals surface area (Å²) in [7, 11) is 0. The Morgan fingerprint density at radius 2 is 1.95 bits per heavy atom. The summed E-state index contributed by atoms with van der Waals surface area (Å²) < 4.78 is 0. The number of phenols is 1. The molecule has 4 rings (SSSR count). The highest BCUT2D eigenvalue weighted by Crippen LogP contribution is 2.63. The number of fused-ring (bicyclic) bond motifs is 5. The van der Waals surface area contributed by atoms with Crippen molar-refractivity contribution in [3.8, 4) is 5.75 Å². The molecule has 0 aromatic heterocycles. The van der Waals surface area contributed by atoms with Crippen molar-refractivity contribution in [1.82, 2.24) is 0 Å². The molecule has 5 atom stereocenters. The summed E-state index contributed by atoms with van der Waals surface area (Å²) in [6, 6.07) is 5.69. The van der Waals surface area contributed by atoms with E-state index >= 15 is 0 Å². The van der Waals surface area contributed by atoms with Gasteiger partial charge in [0.25, 0.3) is 0 Å². The molecule has 3 heteroatoms.